The Hall–Kier alpha value is 0.540. The maximum atomic E-state index is 5.85. The van der Waals surface area contributed by atoms with Crippen molar-refractivity contribution in [3.05, 3.63) is 0 Å². The second kappa shape index (κ2) is 3.09. The van der Waals surface area contributed by atoms with Crippen molar-refractivity contribution in [2.24, 2.45) is 5.73 Å². The van der Waals surface area contributed by atoms with E-state index < -0.39 is 0 Å². The van der Waals surface area contributed by atoms with Crippen molar-refractivity contribution in [2.75, 3.05) is 0 Å². The van der Waals surface area contributed by atoms with Crippen LogP contribution in [0.25, 0.3) is 0 Å². The molecule has 1 saturated carbocycles. The minimum Gasteiger partial charge on any atom is -0.325 e. The lowest BCUT2D eigenvalue weighted by Crippen LogP contribution is -2.42. The molecule has 1 aliphatic rings. The lowest BCUT2D eigenvalue weighted by molar-refractivity contribution is 0.455. The van der Waals surface area contributed by atoms with E-state index in [-0.39, 0.29) is 16.8 Å². The number of rotatable bonds is 0. The molecule has 54 valence electrons. The van der Waals surface area contributed by atoms with E-state index in [2.05, 4.69) is 0 Å². The molecule has 9 heavy (non-hydrogen) atoms. The van der Waals surface area contributed by atoms with Crippen LogP contribution in [0, 0.1) is 0 Å². The average molecular weight is 168 g/mol. The van der Waals surface area contributed by atoms with Crippen LogP contribution >= 0.6 is 23.2 Å². The normalized spacial score (nSPS) is 45.0. The van der Waals surface area contributed by atoms with Gasteiger partial charge in [-0.1, -0.05) is 6.42 Å². The van der Waals surface area contributed by atoms with Gasteiger partial charge in [0.15, 0.2) is 0 Å². The van der Waals surface area contributed by atoms with Gasteiger partial charge in [0.05, 0.1) is 10.8 Å². The molecular weight excluding hydrogens is 157 g/mol. The molecule has 0 radical (unpaired) electrons. The summed E-state index contributed by atoms with van der Waals surface area (Å²) >= 11 is 11.7. The summed E-state index contributed by atoms with van der Waals surface area (Å²) in [5.41, 5.74) is 5.66. The highest BCUT2D eigenvalue weighted by Crippen LogP contribution is 2.25. The zero-order chi connectivity index (χ0) is 6.85. The van der Waals surface area contributed by atoms with Gasteiger partial charge in [-0.3, -0.25) is 0 Å². The molecule has 0 aromatic rings. The standard InChI is InChI=1S/C6H11Cl2N/c7-4-2-1-3-5(8)6(4)9/h4-6H,1-3,9H2. The molecule has 0 aromatic carbocycles. The highest BCUT2D eigenvalue weighted by atomic mass is 35.5. The van der Waals surface area contributed by atoms with Gasteiger partial charge < -0.3 is 5.73 Å². The Kier molecular flexibility index (Phi) is 2.62. The third kappa shape index (κ3) is 1.73. The van der Waals surface area contributed by atoms with Crippen molar-refractivity contribution >= 4 is 23.2 Å². The fourth-order valence-electron chi connectivity index (χ4n) is 1.12. The first-order valence-corrected chi connectivity index (χ1v) is 4.13. The topological polar surface area (TPSA) is 26.0 Å². The summed E-state index contributed by atoms with van der Waals surface area (Å²) in [5, 5.41) is 0.197. The Labute approximate surface area is 65.5 Å². The van der Waals surface area contributed by atoms with E-state index in [1.165, 1.54) is 0 Å². The van der Waals surface area contributed by atoms with Crippen LogP contribution in [0.15, 0.2) is 0 Å². The molecule has 1 rings (SSSR count). The zero-order valence-electron chi connectivity index (χ0n) is 5.19. The quantitative estimate of drug-likeness (QED) is 0.547. The predicted molar refractivity (Wildman–Crippen MR) is 41.1 cm³/mol. The molecular formula is C6H11Cl2N. The molecule has 2 unspecified atom stereocenters. The van der Waals surface area contributed by atoms with Gasteiger partial charge in [-0.05, 0) is 12.8 Å². The van der Waals surface area contributed by atoms with Crippen molar-refractivity contribution in [2.45, 2.75) is 36.1 Å². The Morgan fingerprint density at radius 2 is 1.56 bits per heavy atom. The first-order chi connectivity index (χ1) is 4.22. The molecule has 0 saturated heterocycles. The average Bonchev–Trinajstić information content (AvgIpc) is 1.83. The first kappa shape index (κ1) is 7.64. The summed E-state index contributed by atoms with van der Waals surface area (Å²) < 4.78 is 0. The van der Waals surface area contributed by atoms with E-state index >= 15 is 0 Å². The smallest absolute Gasteiger partial charge is 0.0501 e. The van der Waals surface area contributed by atoms with Crippen LogP contribution in [-0.4, -0.2) is 16.8 Å². The fraction of sp³-hybridized carbons (Fsp3) is 1.00. The van der Waals surface area contributed by atoms with Crippen molar-refractivity contribution in [1.29, 1.82) is 0 Å². The number of alkyl halides is 2. The molecule has 0 amide bonds. The molecule has 1 aliphatic carbocycles. The largest absolute Gasteiger partial charge is 0.325 e. The summed E-state index contributed by atoms with van der Waals surface area (Å²) in [5.74, 6) is 0. The van der Waals surface area contributed by atoms with E-state index in [1.807, 2.05) is 0 Å². The second-order valence-corrected chi connectivity index (χ2v) is 3.66. The molecule has 1 nitrogen and oxygen atoms in total. The van der Waals surface area contributed by atoms with Crippen molar-refractivity contribution in [1.82, 2.24) is 0 Å². The maximum absolute atomic E-state index is 5.85. The van der Waals surface area contributed by atoms with E-state index in [0.29, 0.717) is 0 Å². The van der Waals surface area contributed by atoms with Gasteiger partial charge in [0.1, 0.15) is 0 Å². The third-order valence-corrected chi connectivity index (χ3v) is 2.81. The lowest BCUT2D eigenvalue weighted by atomic mass is 9.95. The molecule has 0 spiro atoms. The molecule has 2 atom stereocenters. The summed E-state index contributed by atoms with van der Waals surface area (Å²) in [4.78, 5) is 0. The van der Waals surface area contributed by atoms with Gasteiger partial charge >= 0.3 is 0 Å². The molecule has 0 aromatic heterocycles. The van der Waals surface area contributed by atoms with Crippen LogP contribution in [0.1, 0.15) is 19.3 Å². The minimum absolute atomic E-state index is 0.00193. The van der Waals surface area contributed by atoms with E-state index in [4.69, 9.17) is 28.9 Å². The molecule has 0 heterocycles. The van der Waals surface area contributed by atoms with Crippen LogP contribution in [0.2, 0.25) is 0 Å². The van der Waals surface area contributed by atoms with E-state index in [1.54, 1.807) is 0 Å². The van der Waals surface area contributed by atoms with Crippen molar-refractivity contribution in [3.8, 4) is 0 Å². The SMILES string of the molecule is NC1C(Cl)CCCC1Cl. The van der Waals surface area contributed by atoms with Crippen molar-refractivity contribution < 1.29 is 0 Å². The Bertz CT molecular complexity index is 87.1. The molecule has 0 bridgehead atoms. The van der Waals surface area contributed by atoms with Gasteiger partial charge in [-0.2, -0.15) is 0 Å². The third-order valence-electron chi connectivity index (χ3n) is 1.80. The number of hydrogen-bond acceptors (Lipinski definition) is 1. The fourth-order valence-corrected chi connectivity index (χ4v) is 1.85. The zero-order valence-corrected chi connectivity index (χ0v) is 6.70. The Morgan fingerprint density at radius 3 is 1.89 bits per heavy atom. The van der Waals surface area contributed by atoms with Crippen LogP contribution in [-0.2, 0) is 0 Å². The second-order valence-electron chi connectivity index (χ2n) is 2.54. The number of halogens is 2. The molecule has 1 fully saturated rings. The van der Waals surface area contributed by atoms with E-state index in [9.17, 15) is 0 Å². The monoisotopic (exact) mass is 167 g/mol. The first-order valence-electron chi connectivity index (χ1n) is 3.25. The minimum atomic E-state index is 0.00193. The van der Waals surface area contributed by atoms with Crippen molar-refractivity contribution in [3.63, 3.8) is 0 Å². The number of nitrogens with two attached hydrogens (primary N) is 1. The highest BCUT2D eigenvalue weighted by Gasteiger charge is 2.26. The highest BCUT2D eigenvalue weighted by molar-refractivity contribution is 6.24. The maximum Gasteiger partial charge on any atom is 0.0501 e. The number of hydrogen-bond donors (Lipinski definition) is 1. The summed E-state index contributed by atoms with van der Waals surface area (Å²) in [6.45, 7) is 0. The van der Waals surface area contributed by atoms with Crippen LogP contribution < -0.4 is 5.73 Å². The van der Waals surface area contributed by atoms with Crippen LogP contribution in [0.5, 0.6) is 0 Å². The van der Waals surface area contributed by atoms with E-state index in [0.717, 1.165) is 19.3 Å². The van der Waals surface area contributed by atoms with Gasteiger partial charge in [0.25, 0.3) is 0 Å². The van der Waals surface area contributed by atoms with Crippen LogP contribution in [0.4, 0.5) is 0 Å². The van der Waals surface area contributed by atoms with Gasteiger partial charge in [-0.25, -0.2) is 0 Å². The Morgan fingerprint density at radius 1 is 1.11 bits per heavy atom. The molecule has 0 aliphatic heterocycles. The lowest BCUT2D eigenvalue weighted by Gasteiger charge is -2.27. The van der Waals surface area contributed by atoms with Gasteiger partial charge in [0.2, 0.25) is 0 Å². The Balaban J connectivity index is 2.41. The molecule has 2 N–H and O–H groups in total. The summed E-state index contributed by atoms with van der Waals surface area (Å²) in [6.07, 6.45) is 3.16. The summed E-state index contributed by atoms with van der Waals surface area (Å²) in [7, 11) is 0. The van der Waals surface area contributed by atoms with Crippen LogP contribution in [0.3, 0.4) is 0 Å². The summed E-state index contributed by atoms with van der Waals surface area (Å²) in [6, 6.07) is 0.00193. The van der Waals surface area contributed by atoms with Gasteiger partial charge in [-0.15, -0.1) is 23.2 Å². The predicted octanol–water partition coefficient (Wildman–Crippen LogP) is 1.71. The molecule has 3 heteroatoms. The van der Waals surface area contributed by atoms with Gasteiger partial charge in [0, 0.05) is 6.04 Å².